The second kappa shape index (κ2) is 9.48. The molecule has 1 nitrogen and oxygen atoms in total. The minimum absolute atomic E-state index is 1.10. The summed E-state index contributed by atoms with van der Waals surface area (Å²) >= 11 is 0. The number of fused-ring (bicyclic) bond motifs is 1. The molecule has 1 aliphatic rings. The Bertz CT molecular complexity index is 1520. The number of para-hydroxylation sites is 1. The van der Waals surface area contributed by atoms with Gasteiger partial charge in [0.1, 0.15) is 0 Å². The van der Waals surface area contributed by atoms with Gasteiger partial charge in [0, 0.05) is 17.1 Å². The Kier molecular flexibility index (Phi) is 5.74. The number of rotatable bonds is 5. The van der Waals surface area contributed by atoms with E-state index >= 15 is 0 Å². The van der Waals surface area contributed by atoms with Gasteiger partial charge in [0.2, 0.25) is 0 Å². The van der Waals surface area contributed by atoms with Crippen LogP contribution in [0.2, 0.25) is 0 Å². The Labute approximate surface area is 207 Å². The van der Waals surface area contributed by atoms with Gasteiger partial charge in [-0.1, -0.05) is 103 Å². The van der Waals surface area contributed by atoms with Crippen molar-refractivity contribution in [1.82, 2.24) is 0 Å². The van der Waals surface area contributed by atoms with Crippen LogP contribution in [0.5, 0.6) is 0 Å². The van der Waals surface area contributed by atoms with Gasteiger partial charge in [-0.3, -0.25) is 0 Å². The maximum atomic E-state index is 2.34. The van der Waals surface area contributed by atoms with E-state index in [1.807, 2.05) is 0 Å². The molecule has 0 amide bonds. The van der Waals surface area contributed by atoms with Crippen LogP contribution in [0.4, 0.5) is 17.1 Å². The van der Waals surface area contributed by atoms with Gasteiger partial charge in [-0.05, 0) is 82.3 Å². The van der Waals surface area contributed by atoms with E-state index in [0.29, 0.717) is 0 Å². The highest BCUT2D eigenvalue weighted by Crippen LogP contribution is 2.38. The van der Waals surface area contributed by atoms with Gasteiger partial charge in [-0.2, -0.15) is 0 Å². The zero-order chi connectivity index (χ0) is 23.5. The second-order valence-corrected chi connectivity index (χ2v) is 8.95. The molecule has 1 heteroatoms. The predicted molar refractivity (Wildman–Crippen MR) is 150 cm³/mol. The number of anilines is 3. The van der Waals surface area contributed by atoms with Crippen molar-refractivity contribution in [2.75, 3.05) is 4.90 Å². The molecule has 5 aromatic rings. The van der Waals surface area contributed by atoms with Crippen molar-refractivity contribution >= 4 is 33.4 Å². The molecular formula is C34H27N. The molecule has 0 bridgehead atoms. The third-order valence-electron chi connectivity index (χ3n) is 6.73. The van der Waals surface area contributed by atoms with Crippen molar-refractivity contribution in [3.8, 4) is 11.1 Å². The molecule has 168 valence electrons. The molecule has 0 unspecified atom stereocenters. The second-order valence-electron chi connectivity index (χ2n) is 8.95. The molecule has 0 N–H and O–H groups in total. The van der Waals surface area contributed by atoms with E-state index in [1.165, 1.54) is 33.0 Å². The van der Waals surface area contributed by atoms with Crippen LogP contribution in [0, 0.1) is 0 Å². The molecule has 0 aliphatic heterocycles. The minimum Gasteiger partial charge on any atom is -0.310 e. The van der Waals surface area contributed by atoms with Crippen molar-refractivity contribution in [2.24, 2.45) is 0 Å². The summed E-state index contributed by atoms with van der Waals surface area (Å²) in [6, 6.07) is 43.6. The largest absolute Gasteiger partial charge is 0.310 e. The van der Waals surface area contributed by atoms with Gasteiger partial charge >= 0.3 is 0 Å². The lowest BCUT2D eigenvalue weighted by molar-refractivity contribution is 1.05. The summed E-state index contributed by atoms with van der Waals surface area (Å²) in [6.07, 6.45) is 8.86. The SMILES string of the molecule is C1=CCCC(c2ccc(N(c3ccccc3)c3cccc(-c4cccc5ccccc45)c3)cc2)=C1. The molecule has 0 aromatic heterocycles. The summed E-state index contributed by atoms with van der Waals surface area (Å²) in [7, 11) is 0. The first-order valence-corrected chi connectivity index (χ1v) is 12.3. The molecule has 0 atom stereocenters. The van der Waals surface area contributed by atoms with E-state index in [2.05, 4.69) is 144 Å². The molecule has 35 heavy (non-hydrogen) atoms. The number of hydrogen-bond acceptors (Lipinski definition) is 1. The molecule has 0 fully saturated rings. The van der Waals surface area contributed by atoms with E-state index in [9.17, 15) is 0 Å². The first kappa shape index (κ1) is 21.2. The summed E-state index contributed by atoms with van der Waals surface area (Å²) in [5.74, 6) is 0. The highest BCUT2D eigenvalue weighted by Gasteiger charge is 2.14. The normalized spacial score (nSPS) is 13.0. The number of allylic oxidation sites excluding steroid dienone is 4. The maximum absolute atomic E-state index is 2.34. The van der Waals surface area contributed by atoms with Gasteiger partial charge < -0.3 is 4.90 Å². The first-order valence-electron chi connectivity index (χ1n) is 12.3. The van der Waals surface area contributed by atoms with Gasteiger partial charge in [0.15, 0.2) is 0 Å². The topological polar surface area (TPSA) is 3.24 Å². The van der Waals surface area contributed by atoms with Crippen molar-refractivity contribution in [2.45, 2.75) is 12.8 Å². The summed E-state index contributed by atoms with van der Waals surface area (Å²) in [4.78, 5) is 2.34. The van der Waals surface area contributed by atoms with Gasteiger partial charge in [-0.15, -0.1) is 0 Å². The molecule has 0 saturated carbocycles. The molecule has 0 radical (unpaired) electrons. The van der Waals surface area contributed by atoms with E-state index in [-0.39, 0.29) is 0 Å². The van der Waals surface area contributed by atoms with Crippen molar-refractivity contribution in [3.05, 3.63) is 145 Å². The Balaban J connectivity index is 1.44. The smallest absolute Gasteiger partial charge is 0.0467 e. The van der Waals surface area contributed by atoms with Crippen LogP contribution in [-0.2, 0) is 0 Å². The Morgan fingerprint density at radius 3 is 2.09 bits per heavy atom. The van der Waals surface area contributed by atoms with E-state index < -0.39 is 0 Å². The van der Waals surface area contributed by atoms with Crippen LogP contribution in [0.25, 0.3) is 27.5 Å². The van der Waals surface area contributed by atoms with Crippen LogP contribution in [0.1, 0.15) is 18.4 Å². The van der Waals surface area contributed by atoms with Crippen LogP contribution in [0.3, 0.4) is 0 Å². The lowest BCUT2D eigenvalue weighted by atomic mass is 9.96. The molecule has 5 aromatic carbocycles. The van der Waals surface area contributed by atoms with Crippen molar-refractivity contribution in [1.29, 1.82) is 0 Å². The standard InChI is InChI=1S/C34H27N/c1-3-11-26(12-4-1)27-21-23-31(24-22-27)35(30-16-5-2-6-17-30)32-18-9-15-29(25-32)34-20-10-14-28-13-7-8-19-33(28)34/h1-3,5-11,13-25H,4,12H2. The van der Waals surface area contributed by atoms with Gasteiger partial charge in [-0.25, -0.2) is 0 Å². The quantitative estimate of drug-likeness (QED) is 0.258. The maximum Gasteiger partial charge on any atom is 0.0467 e. The molecule has 6 rings (SSSR count). The Morgan fingerprint density at radius 1 is 0.543 bits per heavy atom. The van der Waals surface area contributed by atoms with Crippen molar-refractivity contribution in [3.63, 3.8) is 0 Å². The monoisotopic (exact) mass is 449 g/mol. The summed E-state index contributed by atoms with van der Waals surface area (Å²) in [6.45, 7) is 0. The Hall–Kier alpha value is -4.36. The van der Waals surface area contributed by atoms with E-state index in [4.69, 9.17) is 0 Å². The minimum atomic E-state index is 1.10. The Morgan fingerprint density at radius 2 is 1.26 bits per heavy atom. The lowest BCUT2D eigenvalue weighted by Crippen LogP contribution is -2.10. The fourth-order valence-corrected chi connectivity index (χ4v) is 4.98. The van der Waals surface area contributed by atoms with Crippen LogP contribution < -0.4 is 4.90 Å². The highest BCUT2D eigenvalue weighted by atomic mass is 15.1. The van der Waals surface area contributed by atoms with Crippen LogP contribution in [-0.4, -0.2) is 0 Å². The number of benzene rings is 5. The molecule has 1 aliphatic carbocycles. The zero-order valence-corrected chi connectivity index (χ0v) is 19.6. The number of nitrogens with zero attached hydrogens (tertiary/aromatic N) is 1. The van der Waals surface area contributed by atoms with Gasteiger partial charge in [0.05, 0.1) is 0 Å². The molecule has 0 heterocycles. The fourth-order valence-electron chi connectivity index (χ4n) is 4.98. The third-order valence-corrected chi connectivity index (χ3v) is 6.73. The first-order chi connectivity index (χ1) is 17.4. The average Bonchev–Trinajstić information content (AvgIpc) is 2.94. The summed E-state index contributed by atoms with van der Waals surface area (Å²) in [5.41, 5.74) is 8.63. The predicted octanol–water partition coefficient (Wildman–Crippen LogP) is 9.71. The number of hydrogen-bond donors (Lipinski definition) is 0. The molecule has 0 spiro atoms. The molecular weight excluding hydrogens is 422 g/mol. The summed E-state index contributed by atoms with van der Waals surface area (Å²) < 4.78 is 0. The van der Waals surface area contributed by atoms with E-state index in [0.717, 1.165) is 29.9 Å². The van der Waals surface area contributed by atoms with Crippen LogP contribution in [0.15, 0.2) is 140 Å². The summed E-state index contributed by atoms with van der Waals surface area (Å²) in [5, 5.41) is 2.54. The van der Waals surface area contributed by atoms with Gasteiger partial charge in [0.25, 0.3) is 0 Å². The van der Waals surface area contributed by atoms with Crippen molar-refractivity contribution < 1.29 is 0 Å². The van der Waals surface area contributed by atoms with Crippen LogP contribution >= 0.6 is 0 Å². The fraction of sp³-hybridized carbons (Fsp3) is 0.0588. The molecule has 0 saturated heterocycles. The lowest BCUT2D eigenvalue weighted by Gasteiger charge is -2.26. The zero-order valence-electron chi connectivity index (χ0n) is 19.6. The third kappa shape index (κ3) is 4.29. The average molecular weight is 450 g/mol. The highest BCUT2D eigenvalue weighted by molar-refractivity contribution is 5.97. The van der Waals surface area contributed by atoms with E-state index in [1.54, 1.807) is 0 Å².